The van der Waals surface area contributed by atoms with Gasteiger partial charge in [-0.3, -0.25) is 0 Å². The lowest BCUT2D eigenvalue weighted by atomic mass is 10.1. The van der Waals surface area contributed by atoms with E-state index in [9.17, 15) is 13.5 Å². The summed E-state index contributed by atoms with van der Waals surface area (Å²) in [6.45, 7) is 1.53. The lowest BCUT2D eigenvalue weighted by Gasteiger charge is -2.08. The Kier molecular flexibility index (Phi) is 4.13. The zero-order valence-corrected chi connectivity index (χ0v) is 15.0. The number of rotatable bonds is 4. The summed E-state index contributed by atoms with van der Waals surface area (Å²) in [4.78, 5) is 0.246. The molecule has 122 valence electrons. The van der Waals surface area contributed by atoms with E-state index in [-0.39, 0.29) is 11.5 Å². The molecular formula is C17H18BrNO3S. The molecule has 4 nitrogen and oxygen atoms in total. The molecule has 1 fully saturated rings. The van der Waals surface area contributed by atoms with Gasteiger partial charge >= 0.3 is 0 Å². The van der Waals surface area contributed by atoms with Crippen molar-refractivity contribution < 1.29 is 13.5 Å². The number of nitrogens with two attached hydrogens (primary N) is 1. The van der Waals surface area contributed by atoms with E-state index < -0.39 is 26.5 Å². The van der Waals surface area contributed by atoms with Crippen LogP contribution in [0, 0.1) is 6.92 Å². The zero-order valence-electron chi connectivity index (χ0n) is 12.6. The third-order valence-corrected chi connectivity index (χ3v) is 7.33. The largest absolute Gasteiger partial charge is 0.394 e. The third-order valence-electron chi connectivity index (χ3n) is 4.49. The Balaban J connectivity index is 2.01. The van der Waals surface area contributed by atoms with Gasteiger partial charge in [-0.05, 0) is 36.8 Å². The van der Waals surface area contributed by atoms with Gasteiger partial charge in [0.2, 0.25) is 0 Å². The smallest absolute Gasteiger partial charge is 0.183 e. The van der Waals surface area contributed by atoms with Crippen molar-refractivity contribution in [3.63, 3.8) is 0 Å². The average molecular weight is 396 g/mol. The molecule has 3 atom stereocenters. The van der Waals surface area contributed by atoms with E-state index in [1.165, 1.54) is 0 Å². The molecule has 1 aliphatic rings. The van der Waals surface area contributed by atoms with Crippen LogP contribution in [-0.2, 0) is 9.84 Å². The van der Waals surface area contributed by atoms with E-state index in [4.69, 9.17) is 5.73 Å². The second kappa shape index (κ2) is 5.70. The number of aliphatic hydroxyl groups is 1. The lowest BCUT2D eigenvalue weighted by molar-refractivity contribution is 0.253. The summed E-state index contributed by atoms with van der Waals surface area (Å²) >= 11 is 3.36. The van der Waals surface area contributed by atoms with Crippen LogP contribution in [0.1, 0.15) is 17.0 Å². The minimum absolute atomic E-state index is 0.246. The van der Waals surface area contributed by atoms with Crippen LogP contribution < -0.4 is 5.73 Å². The quantitative estimate of drug-likeness (QED) is 0.832. The predicted molar refractivity (Wildman–Crippen MR) is 93.0 cm³/mol. The summed E-state index contributed by atoms with van der Waals surface area (Å²) < 4.78 is 26.8. The zero-order chi connectivity index (χ0) is 16.8. The second-order valence-corrected chi connectivity index (χ2v) is 9.06. The van der Waals surface area contributed by atoms with Crippen molar-refractivity contribution in [3.05, 3.63) is 64.1 Å². The van der Waals surface area contributed by atoms with Crippen LogP contribution in [0.2, 0.25) is 0 Å². The number of hydrogen-bond acceptors (Lipinski definition) is 4. The first-order valence-corrected chi connectivity index (χ1v) is 9.60. The normalized spacial score (nSPS) is 27.0. The fourth-order valence-electron chi connectivity index (χ4n) is 3.11. The van der Waals surface area contributed by atoms with Crippen LogP contribution in [0.4, 0.5) is 0 Å². The maximum Gasteiger partial charge on any atom is 0.183 e. The summed E-state index contributed by atoms with van der Waals surface area (Å²) in [6, 6.07) is 14.1. The molecule has 2 aromatic carbocycles. The van der Waals surface area contributed by atoms with Crippen molar-refractivity contribution in [2.75, 3.05) is 6.61 Å². The molecule has 1 saturated carbocycles. The van der Waals surface area contributed by atoms with Crippen molar-refractivity contribution in [2.24, 2.45) is 5.73 Å². The molecule has 6 heteroatoms. The number of aliphatic hydroxyl groups excluding tert-OH is 1. The Morgan fingerprint density at radius 3 is 2.22 bits per heavy atom. The third kappa shape index (κ3) is 2.74. The van der Waals surface area contributed by atoms with Gasteiger partial charge in [-0.15, -0.1) is 0 Å². The standard InChI is InChI=1S/C17H18BrNO3S/c1-11-2-8-14(9-3-11)23(21,22)16-15(17(16,19)10-20)12-4-6-13(18)7-5-12/h2-9,15-16,20H,10,19H2,1H3/t15-,16+,17-/m0/s1. The molecule has 0 amide bonds. The van der Waals surface area contributed by atoms with Crippen LogP contribution in [0.15, 0.2) is 57.9 Å². The molecule has 0 bridgehead atoms. The molecule has 3 rings (SSSR count). The summed E-state index contributed by atoms with van der Waals surface area (Å²) in [6.07, 6.45) is 0. The molecule has 3 N–H and O–H groups in total. The molecule has 0 saturated heterocycles. The van der Waals surface area contributed by atoms with Gasteiger partial charge in [0.15, 0.2) is 9.84 Å². The number of aryl methyl sites for hydroxylation is 1. The molecule has 0 unspecified atom stereocenters. The van der Waals surface area contributed by atoms with Crippen LogP contribution in [0.25, 0.3) is 0 Å². The Hall–Kier alpha value is -1.21. The van der Waals surface area contributed by atoms with Crippen molar-refractivity contribution in [1.82, 2.24) is 0 Å². The molecule has 0 heterocycles. The fraction of sp³-hybridized carbons (Fsp3) is 0.294. The van der Waals surface area contributed by atoms with Crippen LogP contribution in [0.3, 0.4) is 0 Å². The summed E-state index contributed by atoms with van der Waals surface area (Å²) in [7, 11) is -3.61. The Morgan fingerprint density at radius 1 is 1.13 bits per heavy atom. The number of sulfone groups is 1. The summed E-state index contributed by atoms with van der Waals surface area (Å²) in [5, 5.41) is 8.86. The first-order valence-electron chi connectivity index (χ1n) is 7.26. The van der Waals surface area contributed by atoms with E-state index in [1.54, 1.807) is 24.3 Å². The maximum atomic E-state index is 12.9. The van der Waals surface area contributed by atoms with Crippen LogP contribution in [0.5, 0.6) is 0 Å². The molecular weight excluding hydrogens is 378 g/mol. The topological polar surface area (TPSA) is 80.4 Å². The fourth-order valence-corrected chi connectivity index (χ4v) is 5.67. The van der Waals surface area contributed by atoms with Gasteiger partial charge in [0.25, 0.3) is 0 Å². The van der Waals surface area contributed by atoms with Gasteiger partial charge in [-0.25, -0.2) is 8.42 Å². The van der Waals surface area contributed by atoms with Gasteiger partial charge in [-0.2, -0.15) is 0 Å². The van der Waals surface area contributed by atoms with E-state index >= 15 is 0 Å². The van der Waals surface area contributed by atoms with Crippen molar-refractivity contribution >= 4 is 25.8 Å². The van der Waals surface area contributed by atoms with Crippen molar-refractivity contribution in [3.8, 4) is 0 Å². The predicted octanol–water partition coefficient (Wildman–Crippen LogP) is 2.39. The molecule has 0 radical (unpaired) electrons. The van der Waals surface area contributed by atoms with Gasteiger partial charge < -0.3 is 10.8 Å². The summed E-state index contributed by atoms with van der Waals surface area (Å²) in [5.74, 6) is -0.410. The highest BCUT2D eigenvalue weighted by molar-refractivity contribution is 9.10. The Morgan fingerprint density at radius 2 is 1.70 bits per heavy atom. The molecule has 0 aliphatic heterocycles. The average Bonchev–Trinajstić information content (AvgIpc) is 3.16. The molecule has 2 aromatic rings. The highest BCUT2D eigenvalue weighted by Crippen LogP contribution is 2.55. The van der Waals surface area contributed by atoms with E-state index in [2.05, 4.69) is 15.9 Å². The van der Waals surface area contributed by atoms with Crippen molar-refractivity contribution in [1.29, 1.82) is 0 Å². The monoisotopic (exact) mass is 395 g/mol. The minimum atomic E-state index is -3.61. The first-order chi connectivity index (χ1) is 10.8. The maximum absolute atomic E-state index is 12.9. The number of halogens is 1. The molecule has 23 heavy (non-hydrogen) atoms. The van der Waals surface area contributed by atoms with Crippen LogP contribution in [-0.4, -0.2) is 30.9 Å². The van der Waals surface area contributed by atoms with Crippen LogP contribution >= 0.6 is 15.9 Å². The lowest BCUT2D eigenvalue weighted by Crippen LogP contribution is -2.35. The molecule has 1 aliphatic carbocycles. The SMILES string of the molecule is Cc1ccc(S(=O)(=O)[C@@H]2[C@H](c3ccc(Br)cc3)[C@@]2(N)CO)cc1. The van der Waals surface area contributed by atoms with Gasteiger partial charge in [0, 0.05) is 10.4 Å². The van der Waals surface area contributed by atoms with E-state index in [0.29, 0.717) is 0 Å². The second-order valence-electron chi connectivity index (χ2n) is 6.08. The van der Waals surface area contributed by atoms with Crippen molar-refractivity contribution in [2.45, 2.75) is 28.5 Å². The van der Waals surface area contributed by atoms with Gasteiger partial charge in [-0.1, -0.05) is 45.8 Å². The highest BCUT2D eigenvalue weighted by Gasteiger charge is 2.69. The minimum Gasteiger partial charge on any atom is -0.394 e. The summed E-state index contributed by atoms with van der Waals surface area (Å²) in [5.41, 5.74) is 6.89. The van der Waals surface area contributed by atoms with E-state index in [0.717, 1.165) is 15.6 Å². The molecule has 0 aromatic heterocycles. The number of benzene rings is 2. The molecule has 0 spiro atoms. The Bertz CT molecular complexity index is 818. The number of hydrogen-bond donors (Lipinski definition) is 2. The van der Waals surface area contributed by atoms with Gasteiger partial charge in [0.1, 0.15) is 0 Å². The van der Waals surface area contributed by atoms with E-state index in [1.807, 2.05) is 31.2 Å². The van der Waals surface area contributed by atoms with Gasteiger partial charge in [0.05, 0.1) is 22.3 Å². The highest BCUT2D eigenvalue weighted by atomic mass is 79.9. The first kappa shape index (κ1) is 16.6. The Labute approximate surface area is 144 Å².